The molecule has 0 saturated heterocycles. The molecule has 1 N–H and O–H groups in total. The van der Waals surface area contributed by atoms with Crippen molar-refractivity contribution in [2.45, 2.75) is 57.1 Å². The minimum absolute atomic E-state index is 0.0304. The Labute approximate surface area is 129 Å². The molecule has 1 amide bonds. The Hall–Kier alpha value is -1.07. The molecule has 5 heteroatoms. The van der Waals surface area contributed by atoms with Gasteiger partial charge in [0.25, 0.3) is 0 Å². The van der Waals surface area contributed by atoms with Crippen molar-refractivity contribution in [1.82, 2.24) is 5.32 Å². The molecule has 1 unspecified atom stereocenters. The number of rotatable bonds is 3. The van der Waals surface area contributed by atoms with E-state index in [1.54, 1.807) is 11.3 Å². The normalized spacial score (nSPS) is 24.1. The summed E-state index contributed by atoms with van der Waals surface area (Å²) in [5.41, 5.74) is 0.964. The van der Waals surface area contributed by atoms with Crippen LogP contribution in [0.25, 0.3) is 0 Å². The molecule has 1 fully saturated rings. The van der Waals surface area contributed by atoms with Crippen molar-refractivity contribution in [3.8, 4) is 0 Å². The van der Waals surface area contributed by atoms with Gasteiger partial charge in [-0.1, -0.05) is 19.3 Å². The maximum absolute atomic E-state index is 12.0. The number of amides is 1. The Bertz CT molecular complexity index is 493. The standard InChI is InChI=1S/C16H23NO3S/c1-2-19-15(18)17-16(8-4-3-5-9-16)14-12-7-11-21-13(12)6-10-20-14/h7,11,14H,2-6,8-10H2,1H3,(H,17,18). The predicted molar refractivity (Wildman–Crippen MR) is 82.7 cm³/mol. The molecule has 0 spiro atoms. The summed E-state index contributed by atoms with van der Waals surface area (Å²) in [7, 11) is 0. The molecular weight excluding hydrogens is 286 g/mol. The molecular formula is C16H23NO3S. The number of carbonyl (C=O) groups is 1. The molecule has 0 aromatic carbocycles. The molecule has 4 nitrogen and oxygen atoms in total. The molecule has 116 valence electrons. The fourth-order valence-electron chi connectivity index (χ4n) is 3.61. The Morgan fingerprint density at radius 1 is 1.48 bits per heavy atom. The first kappa shape index (κ1) is 14.9. The van der Waals surface area contributed by atoms with Gasteiger partial charge in [-0.3, -0.25) is 0 Å². The molecule has 1 aromatic rings. The summed E-state index contributed by atoms with van der Waals surface area (Å²) >= 11 is 1.80. The molecule has 0 bridgehead atoms. The van der Waals surface area contributed by atoms with Crippen molar-refractivity contribution in [1.29, 1.82) is 0 Å². The summed E-state index contributed by atoms with van der Waals surface area (Å²) in [5.74, 6) is 0. The molecule has 0 radical (unpaired) electrons. The number of hydrogen-bond donors (Lipinski definition) is 1. The molecule has 21 heavy (non-hydrogen) atoms. The minimum atomic E-state index is -0.314. The molecule has 2 heterocycles. The van der Waals surface area contributed by atoms with Crippen LogP contribution in [0.3, 0.4) is 0 Å². The lowest BCUT2D eigenvalue weighted by molar-refractivity contribution is -0.0394. The largest absolute Gasteiger partial charge is 0.450 e. The van der Waals surface area contributed by atoms with Gasteiger partial charge in [-0.05, 0) is 36.8 Å². The van der Waals surface area contributed by atoms with Crippen molar-refractivity contribution in [3.05, 3.63) is 21.9 Å². The van der Waals surface area contributed by atoms with Crippen LogP contribution in [0, 0.1) is 0 Å². The van der Waals surface area contributed by atoms with Crippen molar-refractivity contribution >= 4 is 17.4 Å². The molecule has 1 atom stereocenters. The quantitative estimate of drug-likeness (QED) is 0.923. The van der Waals surface area contributed by atoms with Crippen LogP contribution >= 0.6 is 11.3 Å². The van der Waals surface area contributed by atoms with Gasteiger partial charge in [-0.15, -0.1) is 11.3 Å². The Morgan fingerprint density at radius 2 is 2.29 bits per heavy atom. The Kier molecular flexibility index (Phi) is 4.50. The fourth-order valence-corrected chi connectivity index (χ4v) is 4.50. The third-order valence-corrected chi connectivity index (χ3v) is 5.55. The molecule has 2 aliphatic rings. The zero-order chi connectivity index (χ0) is 14.7. The highest BCUT2D eigenvalue weighted by molar-refractivity contribution is 7.10. The van der Waals surface area contributed by atoms with E-state index in [4.69, 9.17) is 9.47 Å². The summed E-state index contributed by atoms with van der Waals surface area (Å²) in [6.45, 7) is 2.97. The molecule has 1 aromatic heterocycles. The van der Waals surface area contributed by atoms with Gasteiger partial charge in [0.15, 0.2) is 0 Å². The second-order valence-corrected chi connectivity index (χ2v) is 6.86. The average Bonchev–Trinajstić information content (AvgIpc) is 2.96. The van der Waals surface area contributed by atoms with E-state index < -0.39 is 0 Å². The SMILES string of the molecule is CCOC(=O)NC1(C2OCCc3sccc32)CCCCC1. The lowest BCUT2D eigenvalue weighted by atomic mass is 9.75. The highest BCUT2D eigenvalue weighted by Gasteiger charge is 2.45. The van der Waals surface area contributed by atoms with Crippen LogP contribution in [0.4, 0.5) is 4.79 Å². The summed E-state index contributed by atoms with van der Waals surface area (Å²) in [6.07, 6.45) is 6.06. The summed E-state index contributed by atoms with van der Waals surface area (Å²) in [5, 5.41) is 5.28. The monoisotopic (exact) mass is 309 g/mol. The first-order chi connectivity index (χ1) is 10.2. The summed E-state index contributed by atoms with van der Waals surface area (Å²) < 4.78 is 11.2. The van der Waals surface area contributed by atoms with Crippen LogP contribution in [0.5, 0.6) is 0 Å². The number of carbonyl (C=O) groups excluding carboxylic acids is 1. The molecule has 1 saturated carbocycles. The van der Waals surface area contributed by atoms with Crippen molar-refractivity contribution < 1.29 is 14.3 Å². The maximum atomic E-state index is 12.0. The topological polar surface area (TPSA) is 47.6 Å². The number of fused-ring (bicyclic) bond motifs is 1. The van der Waals surface area contributed by atoms with Crippen LogP contribution in [0.1, 0.15) is 55.6 Å². The number of hydrogen-bond acceptors (Lipinski definition) is 4. The fraction of sp³-hybridized carbons (Fsp3) is 0.688. The number of thiophene rings is 1. The number of alkyl carbamates (subject to hydrolysis) is 1. The van der Waals surface area contributed by atoms with Crippen molar-refractivity contribution in [2.24, 2.45) is 0 Å². The predicted octanol–water partition coefficient (Wildman–Crippen LogP) is 3.81. The van der Waals surface area contributed by atoms with Crippen LogP contribution in [-0.4, -0.2) is 24.8 Å². The summed E-state index contributed by atoms with van der Waals surface area (Å²) in [6, 6.07) is 2.16. The average molecular weight is 309 g/mol. The van der Waals surface area contributed by atoms with Crippen LogP contribution in [-0.2, 0) is 15.9 Å². The van der Waals surface area contributed by atoms with E-state index in [0.29, 0.717) is 6.61 Å². The maximum Gasteiger partial charge on any atom is 0.407 e. The second-order valence-electron chi connectivity index (χ2n) is 5.86. The number of ether oxygens (including phenoxy) is 2. The van der Waals surface area contributed by atoms with Gasteiger partial charge in [0, 0.05) is 11.3 Å². The first-order valence-corrected chi connectivity index (χ1v) is 8.76. The van der Waals surface area contributed by atoms with Gasteiger partial charge >= 0.3 is 6.09 Å². The van der Waals surface area contributed by atoms with Gasteiger partial charge in [-0.25, -0.2) is 4.79 Å². The van der Waals surface area contributed by atoms with Gasteiger partial charge in [-0.2, -0.15) is 0 Å². The van der Waals surface area contributed by atoms with Gasteiger partial charge in [0.2, 0.25) is 0 Å². The zero-order valence-electron chi connectivity index (χ0n) is 12.5. The van der Waals surface area contributed by atoms with E-state index in [2.05, 4.69) is 16.8 Å². The molecule has 1 aliphatic heterocycles. The Balaban J connectivity index is 1.88. The van der Waals surface area contributed by atoms with Crippen molar-refractivity contribution in [2.75, 3.05) is 13.2 Å². The zero-order valence-corrected chi connectivity index (χ0v) is 13.3. The van der Waals surface area contributed by atoms with Crippen LogP contribution in [0.15, 0.2) is 11.4 Å². The molecule has 1 aliphatic carbocycles. The van der Waals surface area contributed by atoms with E-state index in [-0.39, 0.29) is 17.7 Å². The third kappa shape index (κ3) is 2.94. The van der Waals surface area contributed by atoms with Crippen LogP contribution < -0.4 is 5.32 Å². The van der Waals surface area contributed by atoms with Crippen LogP contribution in [0.2, 0.25) is 0 Å². The Morgan fingerprint density at radius 3 is 3.05 bits per heavy atom. The van der Waals surface area contributed by atoms with Gasteiger partial charge in [0.1, 0.15) is 6.10 Å². The lowest BCUT2D eigenvalue weighted by Gasteiger charge is -2.45. The third-order valence-electron chi connectivity index (χ3n) is 4.55. The highest BCUT2D eigenvalue weighted by Crippen LogP contribution is 2.44. The van der Waals surface area contributed by atoms with E-state index in [1.807, 2.05) is 6.92 Å². The van der Waals surface area contributed by atoms with Gasteiger partial charge in [0.05, 0.1) is 18.8 Å². The van der Waals surface area contributed by atoms with Crippen molar-refractivity contribution in [3.63, 3.8) is 0 Å². The smallest absolute Gasteiger partial charge is 0.407 e. The van der Waals surface area contributed by atoms with Gasteiger partial charge < -0.3 is 14.8 Å². The summed E-state index contributed by atoms with van der Waals surface area (Å²) in [4.78, 5) is 13.4. The molecule has 3 rings (SSSR count). The van der Waals surface area contributed by atoms with E-state index in [0.717, 1.165) is 38.7 Å². The minimum Gasteiger partial charge on any atom is -0.450 e. The lowest BCUT2D eigenvalue weighted by Crippen LogP contribution is -2.55. The number of nitrogens with one attached hydrogen (secondary N) is 1. The highest BCUT2D eigenvalue weighted by atomic mass is 32.1. The first-order valence-electron chi connectivity index (χ1n) is 7.88. The second kappa shape index (κ2) is 6.36. The van der Waals surface area contributed by atoms with E-state index in [1.165, 1.54) is 16.9 Å². The van der Waals surface area contributed by atoms with E-state index in [9.17, 15) is 4.79 Å². The van der Waals surface area contributed by atoms with E-state index >= 15 is 0 Å².